The van der Waals surface area contributed by atoms with Crippen molar-refractivity contribution in [3.8, 4) is 0 Å². The van der Waals surface area contributed by atoms with Crippen LogP contribution in [0.2, 0.25) is 0 Å². The van der Waals surface area contributed by atoms with E-state index in [1.807, 2.05) is 0 Å². The van der Waals surface area contributed by atoms with Crippen LogP contribution in [0.4, 0.5) is 0 Å². The average molecular weight is 198 g/mol. The maximum absolute atomic E-state index is 10.7. The normalized spacial score (nSPS) is 28.2. The van der Waals surface area contributed by atoms with Crippen LogP contribution in [-0.4, -0.2) is 39.2 Å². The predicted molar refractivity (Wildman–Crippen MR) is 37.4 cm³/mol. The summed E-state index contributed by atoms with van der Waals surface area (Å²) in [6.45, 7) is 0. The summed E-state index contributed by atoms with van der Waals surface area (Å²) in [6, 6.07) is 0. The fourth-order valence-electron chi connectivity index (χ4n) is 0.889. The molecule has 0 aromatic carbocycles. The maximum atomic E-state index is 10.7. The topological polar surface area (TPSA) is 85.3 Å². The van der Waals surface area contributed by atoms with Crippen LogP contribution in [-0.2, 0) is 24.5 Å². The molecule has 0 unspecified atom stereocenters. The van der Waals surface area contributed by atoms with Crippen molar-refractivity contribution in [3.63, 3.8) is 0 Å². The minimum atomic E-state index is -3.68. The second-order valence-corrected chi connectivity index (χ2v) is 6.93. The van der Waals surface area contributed by atoms with Gasteiger partial charge >= 0.3 is 0 Å². The number of sulfone groups is 2. The molecule has 0 saturated carbocycles. The Kier molecular flexibility index (Phi) is 1.79. The summed E-state index contributed by atoms with van der Waals surface area (Å²) < 4.78 is 42.7. The van der Waals surface area contributed by atoms with Crippen molar-refractivity contribution < 1.29 is 21.6 Å². The maximum Gasteiger partial charge on any atom is 0.171 e. The Balaban J connectivity index is 3.12. The van der Waals surface area contributed by atoms with Gasteiger partial charge in [-0.3, -0.25) is 4.79 Å². The third-order valence-corrected chi connectivity index (χ3v) is 5.52. The summed E-state index contributed by atoms with van der Waals surface area (Å²) in [6.07, 6.45) is 0. The monoisotopic (exact) mass is 198 g/mol. The van der Waals surface area contributed by atoms with Gasteiger partial charge in [-0.25, -0.2) is 16.8 Å². The number of hydrogen-bond acceptors (Lipinski definition) is 5. The van der Waals surface area contributed by atoms with Crippen LogP contribution in [0.5, 0.6) is 0 Å². The van der Waals surface area contributed by atoms with Gasteiger partial charge in [0.05, 0.1) is 0 Å². The molecule has 0 N–H and O–H groups in total. The number of ketones is 1. The highest BCUT2D eigenvalue weighted by Gasteiger charge is 2.33. The van der Waals surface area contributed by atoms with Crippen LogP contribution in [0.1, 0.15) is 0 Å². The standard InChI is InChI=1S/C4H6O5S2/c5-4-1-10(6,7)3-11(8,9)2-4/h1-3H2. The van der Waals surface area contributed by atoms with E-state index in [-0.39, 0.29) is 0 Å². The Morgan fingerprint density at radius 3 is 1.55 bits per heavy atom. The highest BCUT2D eigenvalue weighted by atomic mass is 32.3. The molecule has 0 atom stereocenters. The summed E-state index contributed by atoms with van der Waals surface area (Å²) in [7, 11) is -7.35. The van der Waals surface area contributed by atoms with E-state index in [1.54, 1.807) is 0 Å². The van der Waals surface area contributed by atoms with Crippen LogP contribution in [0.15, 0.2) is 0 Å². The third kappa shape index (κ3) is 2.26. The second-order valence-electron chi connectivity index (χ2n) is 2.43. The molecule has 0 bridgehead atoms. The lowest BCUT2D eigenvalue weighted by molar-refractivity contribution is -0.114. The number of carbonyl (C=O) groups excluding carboxylic acids is 1. The van der Waals surface area contributed by atoms with Crippen molar-refractivity contribution >= 4 is 25.5 Å². The number of rotatable bonds is 0. The Hall–Kier alpha value is -0.430. The van der Waals surface area contributed by atoms with Gasteiger partial charge in [0, 0.05) is 0 Å². The van der Waals surface area contributed by atoms with E-state index in [2.05, 4.69) is 0 Å². The lowest BCUT2D eigenvalue weighted by atomic mass is 10.5. The van der Waals surface area contributed by atoms with Gasteiger partial charge < -0.3 is 0 Å². The van der Waals surface area contributed by atoms with Gasteiger partial charge in [-0.1, -0.05) is 0 Å². The largest absolute Gasteiger partial charge is 0.297 e. The molecule has 11 heavy (non-hydrogen) atoms. The lowest BCUT2D eigenvalue weighted by Gasteiger charge is -2.09. The molecule has 64 valence electrons. The summed E-state index contributed by atoms with van der Waals surface area (Å²) >= 11 is 0. The second kappa shape index (κ2) is 2.28. The first-order valence-electron chi connectivity index (χ1n) is 2.73. The number of Topliss-reactive ketones (excluding diaryl/α,β-unsaturated/α-hetero) is 1. The Morgan fingerprint density at radius 2 is 1.27 bits per heavy atom. The van der Waals surface area contributed by atoms with E-state index in [4.69, 9.17) is 0 Å². The summed E-state index contributed by atoms with van der Waals surface area (Å²) in [4.78, 5) is 10.5. The van der Waals surface area contributed by atoms with Crippen LogP contribution in [0.3, 0.4) is 0 Å². The smallest absolute Gasteiger partial charge is 0.171 e. The first-order valence-corrected chi connectivity index (χ1v) is 6.38. The van der Waals surface area contributed by atoms with Crippen molar-refractivity contribution in [1.82, 2.24) is 0 Å². The molecule has 1 fully saturated rings. The number of hydrogen-bond donors (Lipinski definition) is 0. The van der Waals surface area contributed by atoms with E-state index in [9.17, 15) is 21.6 Å². The zero-order valence-electron chi connectivity index (χ0n) is 5.48. The first kappa shape index (κ1) is 8.66. The quantitative estimate of drug-likeness (QED) is 0.466. The fraction of sp³-hybridized carbons (Fsp3) is 0.750. The van der Waals surface area contributed by atoms with Crippen LogP contribution in [0.25, 0.3) is 0 Å². The molecule has 0 aromatic heterocycles. The van der Waals surface area contributed by atoms with Gasteiger partial charge in [-0.2, -0.15) is 0 Å². The molecule has 0 radical (unpaired) electrons. The van der Waals surface area contributed by atoms with Gasteiger partial charge in [-0.05, 0) is 0 Å². The molecule has 1 heterocycles. The molecule has 0 aliphatic carbocycles. The van der Waals surface area contributed by atoms with Crippen molar-refractivity contribution in [2.24, 2.45) is 0 Å². The molecule has 0 spiro atoms. The molecule has 1 aliphatic rings. The molecule has 7 heteroatoms. The zero-order valence-corrected chi connectivity index (χ0v) is 7.11. The van der Waals surface area contributed by atoms with E-state index in [1.165, 1.54) is 0 Å². The molecular formula is C4H6O5S2. The highest BCUT2D eigenvalue weighted by Crippen LogP contribution is 2.06. The zero-order chi connectivity index (χ0) is 8.70. The van der Waals surface area contributed by atoms with E-state index in [0.29, 0.717) is 0 Å². The van der Waals surface area contributed by atoms with Gasteiger partial charge in [-0.15, -0.1) is 0 Å². The molecule has 0 aromatic rings. The van der Waals surface area contributed by atoms with E-state index in [0.717, 1.165) is 0 Å². The molecule has 0 amide bonds. The summed E-state index contributed by atoms with van der Waals surface area (Å²) in [5.41, 5.74) is 0. The Labute approximate surface area is 64.2 Å². The molecule has 1 rings (SSSR count). The minimum absolute atomic E-state index is 0.633. The fourth-order valence-corrected chi connectivity index (χ4v) is 5.06. The Bertz CT molecular complexity index is 337. The molecule has 1 aliphatic heterocycles. The molecule has 5 nitrogen and oxygen atoms in total. The Morgan fingerprint density at radius 1 is 0.909 bits per heavy atom. The SMILES string of the molecule is O=C1CS(=O)(=O)CS(=O)(=O)C1. The van der Waals surface area contributed by atoms with Crippen LogP contribution >= 0.6 is 0 Å². The number of carbonyl (C=O) groups is 1. The molecular weight excluding hydrogens is 192 g/mol. The van der Waals surface area contributed by atoms with Crippen molar-refractivity contribution in [1.29, 1.82) is 0 Å². The highest BCUT2D eigenvalue weighted by molar-refractivity contribution is 8.09. The van der Waals surface area contributed by atoms with E-state index >= 15 is 0 Å². The first-order chi connectivity index (χ1) is 4.81. The van der Waals surface area contributed by atoms with Gasteiger partial charge in [0.1, 0.15) is 11.5 Å². The predicted octanol–water partition coefficient (Wildman–Crippen LogP) is -1.64. The van der Waals surface area contributed by atoms with Crippen molar-refractivity contribution in [2.45, 2.75) is 0 Å². The van der Waals surface area contributed by atoms with Crippen LogP contribution < -0.4 is 0 Å². The third-order valence-electron chi connectivity index (χ3n) is 1.12. The van der Waals surface area contributed by atoms with E-state index < -0.39 is 42.0 Å². The van der Waals surface area contributed by atoms with Crippen LogP contribution in [0, 0.1) is 0 Å². The lowest BCUT2D eigenvalue weighted by Crippen LogP contribution is -2.36. The van der Waals surface area contributed by atoms with Gasteiger partial charge in [0.15, 0.2) is 30.5 Å². The summed E-state index contributed by atoms with van der Waals surface area (Å²) in [5, 5.41) is -0.883. The molecule has 1 saturated heterocycles. The van der Waals surface area contributed by atoms with Gasteiger partial charge in [0.25, 0.3) is 0 Å². The average Bonchev–Trinajstić information content (AvgIpc) is 1.49. The summed E-state index contributed by atoms with van der Waals surface area (Å²) in [5.74, 6) is -2.01. The van der Waals surface area contributed by atoms with Crippen molar-refractivity contribution in [3.05, 3.63) is 0 Å². The minimum Gasteiger partial charge on any atom is -0.297 e. The van der Waals surface area contributed by atoms with Gasteiger partial charge in [0.2, 0.25) is 0 Å². The van der Waals surface area contributed by atoms with Crippen molar-refractivity contribution in [2.75, 3.05) is 16.6 Å².